The molecule has 1 heterocycles. The highest BCUT2D eigenvalue weighted by Crippen LogP contribution is 2.29. The van der Waals surface area contributed by atoms with E-state index in [1.807, 2.05) is 0 Å². The summed E-state index contributed by atoms with van der Waals surface area (Å²) in [5.74, 6) is 0.847. The van der Waals surface area contributed by atoms with Crippen LogP contribution in [0, 0.1) is 29.1 Å². The first-order chi connectivity index (χ1) is 7.10. The fraction of sp³-hybridized carbons (Fsp3) is 0.667. The van der Waals surface area contributed by atoms with Gasteiger partial charge in [0, 0.05) is 13.1 Å². The summed E-state index contributed by atoms with van der Waals surface area (Å²) in [5.41, 5.74) is 0. The van der Waals surface area contributed by atoms with Gasteiger partial charge >= 0.3 is 0 Å². The van der Waals surface area contributed by atoms with E-state index in [-0.39, 0.29) is 11.8 Å². The van der Waals surface area contributed by atoms with Crippen LogP contribution in [0.1, 0.15) is 20.3 Å². The van der Waals surface area contributed by atoms with Gasteiger partial charge in [-0.3, -0.25) is 4.79 Å². The van der Waals surface area contributed by atoms with E-state index in [0.717, 1.165) is 13.0 Å². The van der Waals surface area contributed by atoms with Crippen molar-refractivity contribution in [2.45, 2.75) is 20.3 Å². The third-order valence-corrected chi connectivity index (χ3v) is 3.17. The van der Waals surface area contributed by atoms with Gasteiger partial charge in [-0.1, -0.05) is 20.4 Å². The van der Waals surface area contributed by atoms with Gasteiger partial charge in [-0.2, -0.15) is 5.26 Å². The van der Waals surface area contributed by atoms with Crippen molar-refractivity contribution in [3.8, 4) is 6.07 Å². The second kappa shape index (κ2) is 4.97. The first-order valence-corrected chi connectivity index (χ1v) is 5.41. The molecule has 15 heavy (non-hydrogen) atoms. The largest absolute Gasteiger partial charge is 0.338 e. The predicted molar refractivity (Wildman–Crippen MR) is 58.8 cm³/mol. The van der Waals surface area contributed by atoms with Crippen LogP contribution in [0.2, 0.25) is 0 Å². The third-order valence-electron chi connectivity index (χ3n) is 3.17. The molecular formula is C12H18N2O. The van der Waals surface area contributed by atoms with Crippen molar-refractivity contribution in [2.24, 2.45) is 17.8 Å². The molecule has 0 aromatic heterocycles. The van der Waals surface area contributed by atoms with Crippen LogP contribution < -0.4 is 0 Å². The van der Waals surface area contributed by atoms with E-state index in [1.165, 1.54) is 6.08 Å². The molecule has 0 aromatic rings. The Bertz CT molecular complexity index is 290. The zero-order valence-corrected chi connectivity index (χ0v) is 9.44. The normalized spacial score (nSPS) is 26.1. The molecule has 1 saturated heterocycles. The van der Waals surface area contributed by atoms with Crippen LogP contribution in [0.3, 0.4) is 0 Å². The Morgan fingerprint density at radius 1 is 1.67 bits per heavy atom. The average Bonchev–Trinajstić information content (AvgIpc) is 2.26. The van der Waals surface area contributed by atoms with E-state index in [9.17, 15) is 4.79 Å². The molecule has 3 nitrogen and oxygen atoms in total. The zero-order chi connectivity index (χ0) is 11.4. The molecule has 0 bridgehead atoms. The van der Waals surface area contributed by atoms with E-state index in [1.54, 1.807) is 4.90 Å². The van der Waals surface area contributed by atoms with Crippen LogP contribution in [0.4, 0.5) is 0 Å². The predicted octanol–water partition coefficient (Wildman–Crippen LogP) is 1.82. The molecule has 3 heteroatoms. The molecule has 0 N–H and O–H groups in total. The topological polar surface area (TPSA) is 44.1 Å². The minimum atomic E-state index is -0.0579. The highest BCUT2D eigenvalue weighted by Gasteiger charge is 2.32. The highest BCUT2D eigenvalue weighted by molar-refractivity contribution is 5.87. The van der Waals surface area contributed by atoms with Crippen molar-refractivity contribution < 1.29 is 4.79 Å². The van der Waals surface area contributed by atoms with Gasteiger partial charge in [0.25, 0.3) is 0 Å². The third kappa shape index (κ3) is 2.59. The Hall–Kier alpha value is -1.30. The number of nitrogens with zero attached hydrogens (tertiary/aromatic N) is 2. The van der Waals surface area contributed by atoms with Crippen molar-refractivity contribution >= 4 is 5.91 Å². The number of amides is 1. The SMILES string of the molecule is C=CC(=O)N1CCC(C(C)C)C(C#N)C1. The first-order valence-electron chi connectivity index (χ1n) is 5.41. The van der Waals surface area contributed by atoms with Gasteiger partial charge in [0.1, 0.15) is 0 Å². The van der Waals surface area contributed by atoms with Crippen LogP contribution in [-0.2, 0) is 4.79 Å². The number of likely N-dealkylation sites (tertiary alicyclic amines) is 1. The maximum Gasteiger partial charge on any atom is 0.245 e. The number of carbonyl (C=O) groups is 1. The number of hydrogen-bond acceptors (Lipinski definition) is 2. The molecule has 1 aliphatic rings. The molecule has 2 atom stereocenters. The van der Waals surface area contributed by atoms with Crippen LogP contribution in [0.25, 0.3) is 0 Å². The number of carbonyl (C=O) groups excluding carboxylic acids is 1. The Labute approximate surface area is 91.4 Å². The summed E-state index contributed by atoms with van der Waals surface area (Å²) in [7, 11) is 0. The number of rotatable bonds is 2. The molecule has 1 rings (SSSR count). The Kier molecular flexibility index (Phi) is 3.90. The molecule has 82 valence electrons. The van der Waals surface area contributed by atoms with Crippen LogP contribution >= 0.6 is 0 Å². The second-order valence-corrected chi connectivity index (χ2v) is 4.42. The lowest BCUT2D eigenvalue weighted by Crippen LogP contribution is -2.44. The summed E-state index contributed by atoms with van der Waals surface area (Å²) in [6.45, 7) is 9.06. The van der Waals surface area contributed by atoms with E-state index in [0.29, 0.717) is 18.4 Å². The number of nitriles is 1. The number of piperidine rings is 1. The van der Waals surface area contributed by atoms with Crippen molar-refractivity contribution in [1.82, 2.24) is 4.90 Å². The monoisotopic (exact) mass is 206 g/mol. The average molecular weight is 206 g/mol. The fourth-order valence-corrected chi connectivity index (χ4v) is 2.23. The summed E-state index contributed by atoms with van der Waals surface area (Å²) in [6, 6.07) is 2.32. The highest BCUT2D eigenvalue weighted by atomic mass is 16.2. The van der Waals surface area contributed by atoms with Crippen molar-refractivity contribution in [3.63, 3.8) is 0 Å². The zero-order valence-electron chi connectivity index (χ0n) is 9.44. The summed E-state index contributed by atoms with van der Waals surface area (Å²) in [6.07, 6.45) is 2.25. The maximum absolute atomic E-state index is 11.4. The summed E-state index contributed by atoms with van der Waals surface area (Å²) in [5, 5.41) is 9.07. The molecule has 0 aliphatic carbocycles. The quantitative estimate of drug-likeness (QED) is 0.647. The molecule has 0 radical (unpaired) electrons. The van der Waals surface area contributed by atoms with Crippen molar-refractivity contribution in [1.29, 1.82) is 5.26 Å². The van der Waals surface area contributed by atoms with Crippen LogP contribution in [0.15, 0.2) is 12.7 Å². The van der Waals surface area contributed by atoms with Crippen LogP contribution in [-0.4, -0.2) is 23.9 Å². The van der Waals surface area contributed by atoms with E-state index < -0.39 is 0 Å². The standard InChI is InChI=1S/C12H18N2O/c1-4-12(15)14-6-5-11(9(2)3)10(7-13)8-14/h4,9-11H,1,5-6,8H2,2-3H3. The van der Waals surface area contributed by atoms with Gasteiger partial charge < -0.3 is 4.90 Å². The molecular weight excluding hydrogens is 188 g/mol. The van der Waals surface area contributed by atoms with Gasteiger partial charge in [-0.05, 0) is 24.3 Å². The fourth-order valence-electron chi connectivity index (χ4n) is 2.23. The molecule has 2 unspecified atom stereocenters. The second-order valence-electron chi connectivity index (χ2n) is 4.42. The number of hydrogen-bond donors (Lipinski definition) is 0. The Morgan fingerprint density at radius 2 is 2.33 bits per heavy atom. The smallest absolute Gasteiger partial charge is 0.245 e. The van der Waals surface area contributed by atoms with Gasteiger partial charge in [-0.15, -0.1) is 0 Å². The first kappa shape index (κ1) is 11.8. The summed E-state index contributed by atoms with van der Waals surface area (Å²) >= 11 is 0. The minimum absolute atomic E-state index is 0.0253. The molecule has 1 fully saturated rings. The maximum atomic E-state index is 11.4. The summed E-state index contributed by atoms with van der Waals surface area (Å²) < 4.78 is 0. The minimum Gasteiger partial charge on any atom is -0.338 e. The van der Waals surface area contributed by atoms with Gasteiger partial charge in [0.2, 0.25) is 5.91 Å². The van der Waals surface area contributed by atoms with Gasteiger partial charge in [0.15, 0.2) is 0 Å². The molecule has 1 amide bonds. The van der Waals surface area contributed by atoms with E-state index in [2.05, 4.69) is 26.5 Å². The Balaban J connectivity index is 2.67. The van der Waals surface area contributed by atoms with E-state index >= 15 is 0 Å². The van der Waals surface area contributed by atoms with Gasteiger partial charge in [0.05, 0.1) is 12.0 Å². The van der Waals surface area contributed by atoms with Crippen molar-refractivity contribution in [3.05, 3.63) is 12.7 Å². The van der Waals surface area contributed by atoms with Crippen LogP contribution in [0.5, 0.6) is 0 Å². The molecule has 0 saturated carbocycles. The van der Waals surface area contributed by atoms with Crippen molar-refractivity contribution in [2.75, 3.05) is 13.1 Å². The van der Waals surface area contributed by atoms with E-state index in [4.69, 9.17) is 5.26 Å². The summed E-state index contributed by atoms with van der Waals surface area (Å²) in [4.78, 5) is 13.1. The lowest BCUT2D eigenvalue weighted by Gasteiger charge is -2.36. The molecule has 1 aliphatic heterocycles. The lowest BCUT2D eigenvalue weighted by molar-refractivity contribution is -0.128. The molecule has 0 spiro atoms. The Morgan fingerprint density at radius 3 is 2.80 bits per heavy atom. The van der Waals surface area contributed by atoms with Gasteiger partial charge in [-0.25, -0.2) is 0 Å². The molecule has 0 aromatic carbocycles. The lowest BCUT2D eigenvalue weighted by atomic mass is 9.79.